The minimum Gasteiger partial charge on any atom is -0.465 e. The van der Waals surface area contributed by atoms with Crippen molar-refractivity contribution in [3.05, 3.63) is 23.4 Å². The molecule has 20 heavy (non-hydrogen) atoms. The zero-order valence-electron chi connectivity index (χ0n) is 12.7. The number of ether oxygens (including phenoxy) is 2. The van der Waals surface area contributed by atoms with Gasteiger partial charge in [-0.05, 0) is 31.4 Å². The fourth-order valence-electron chi connectivity index (χ4n) is 1.66. The Hall–Kier alpha value is -1.62. The Morgan fingerprint density at radius 3 is 2.70 bits per heavy atom. The van der Waals surface area contributed by atoms with Gasteiger partial charge in [-0.3, -0.25) is 0 Å². The van der Waals surface area contributed by atoms with Gasteiger partial charge in [-0.2, -0.15) is 0 Å². The molecule has 5 heteroatoms. The number of hydrogen-bond donors (Lipinski definition) is 1. The van der Waals surface area contributed by atoms with Crippen LogP contribution in [0.25, 0.3) is 0 Å². The van der Waals surface area contributed by atoms with Gasteiger partial charge in [0.2, 0.25) is 0 Å². The van der Waals surface area contributed by atoms with Gasteiger partial charge in [-0.1, -0.05) is 13.8 Å². The standard InChI is InChI=1S/C15H24N2O3/c1-11(2)7-9-20-10-8-16-14-6-5-13(12(3)17-14)15(18)19-4/h5-6,11H,7-10H2,1-4H3,(H,16,17). The Labute approximate surface area is 120 Å². The lowest BCUT2D eigenvalue weighted by Crippen LogP contribution is -2.13. The second kappa shape index (κ2) is 8.53. The van der Waals surface area contributed by atoms with Crippen molar-refractivity contribution in [1.82, 2.24) is 4.98 Å². The molecule has 1 N–H and O–H groups in total. The van der Waals surface area contributed by atoms with Crippen LogP contribution in [-0.2, 0) is 9.47 Å². The summed E-state index contributed by atoms with van der Waals surface area (Å²) in [6.07, 6.45) is 1.07. The highest BCUT2D eigenvalue weighted by Crippen LogP contribution is 2.11. The molecule has 0 saturated carbocycles. The molecule has 1 aromatic heterocycles. The van der Waals surface area contributed by atoms with E-state index in [4.69, 9.17) is 4.74 Å². The zero-order chi connectivity index (χ0) is 15.0. The molecule has 0 radical (unpaired) electrons. The van der Waals surface area contributed by atoms with Gasteiger partial charge in [0.05, 0.1) is 25.0 Å². The van der Waals surface area contributed by atoms with Gasteiger partial charge in [0, 0.05) is 13.2 Å². The quantitative estimate of drug-likeness (QED) is 0.586. The summed E-state index contributed by atoms with van der Waals surface area (Å²) >= 11 is 0. The van der Waals surface area contributed by atoms with Gasteiger partial charge in [0.25, 0.3) is 0 Å². The van der Waals surface area contributed by atoms with Gasteiger partial charge >= 0.3 is 5.97 Å². The van der Waals surface area contributed by atoms with E-state index in [1.807, 2.05) is 0 Å². The third-order valence-electron chi connectivity index (χ3n) is 2.88. The van der Waals surface area contributed by atoms with Crippen LogP contribution in [0.1, 0.15) is 36.3 Å². The van der Waals surface area contributed by atoms with Crippen LogP contribution < -0.4 is 5.32 Å². The smallest absolute Gasteiger partial charge is 0.339 e. The van der Waals surface area contributed by atoms with Crippen LogP contribution in [-0.4, -0.2) is 37.8 Å². The van der Waals surface area contributed by atoms with Crippen molar-refractivity contribution in [2.24, 2.45) is 5.92 Å². The molecule has 1 heterocycles. The lowest BCUT2D eigenvalue weighted by Gasteiger charge is -2.09. The summed E-state index contributed by atoms with van der Waals surface area (Å²) in [6.45, 7) is 8.27. The number of nitrogens with one attached hydrogen (secondary N) is 1. The van der Waals surface area contributed by atoms with Crippen molar-refractivity contribution in [2.45, 2.75) is 27.2 Å². The summed E-state index contributed by atoms with van der Waals surface area (Å²) in [5.74, 6) is 1.04. The summed E-state index contributed by atoms with van der Waals surface area (Å²) in [6, 6.07) is 3.49. The molecular formula is C15H24N2O3. The van der Waals surface area contributed by atoms with Gasteiger partial charge in [-0.25, -0.2) is 9.78 Å². The number of esters is 1. The number of rotatable bonds is 8. The molecule has 0 atom stereocenters. The molecule has 0 unspecified atom stereocenters. The van der Waals surface area contributed by atoms with E-state index < -0.39 is 0 Å². The first kappa shape index (κ1) is 16.4. The Balaban J connectivity index is 2.35. The summed E-state index contributed by atoms with van der Waals surface area (Å²) in [7, 11) is 1.36. The number of hydrogen-bond acceptors (Lipinski definition) is 5. The monoisotopic (exact) mass is 280 g/mol. The molecule has 0 amide bonds. The van der Waals surface area contributed by atoms with Crippen molar-refractivity contribution < 1.29 is 14.3 Å². The van der Waals surface area contributed by atoms with Crippen LogP contribution in [0.15, 0.2) is 12.1 Å². The molecule has 1 aromatic rings. The fraction of sp³-hybridized carbons (Fsp3) is 0.600. The summed E-state index contributed by atoms with van der Waals surface area (Å²) in [4.78, 5) is 15.8. The highest BCUT2D eigenvalue weighted by molar-refractivity contribution is 5.90. The van der Waals surface area contributed by atoms with Crippen LogP contribution >= 0.6 is 0 Å². The van der Waals surface area contributed by atoms with Crippen molar-refractivity contribution in [3.63, 3.8) is 0 Å². The average molecular weight is 280 g/mol. The summed E-state index contributed by atoms with van der Waals surface area (Å²) in [5, 5.41) is 3.17. The number of carbonyl (C=O) groups excluding carboxylic acids is 1. The number of anilines is 1. The third kappa shape index (κ3) is 5.57. The normalized spacial score (nSPS) is 10.7. The van der Waals surface area contributed by atoms with E-state index in [2.05, 4.69) is 28.9 Å². The topological polar surface area (TPSA) is 60.5 Å². The van der Waals surface area contributed by atoms with E-state index in [1.54, 1.807) is 19.1 Å². The van der Waals surface area contributed by atoms with Gasteiger partial charge in [0.15, 0.2) is 0 Å². The molecule has 0 aromatic carbocycles. The predicted octanol–water partition coefficient (Wildman–Crippen LogP) is 2.65. The number of carbonyl (C=O) groups is 1. The maximum absolute atomic E-state index is 11.4. The second-order valence-corrected chi connectivity index (χ2v) is 5.04. The Bertz CT molecular complexity index is 433. The van der Waals surface area contributed by atoms with Crippen LogP contribution in [0.5, 0.6) is 0 Å². The largest absolute Gasteiger partial charge is 0.465 e. The number of aryl methyl sites for hydroxylation is 1. The predicted molar refractivity (Wildman–Crippen MR) is 79.1 cm³/mol. The number of nitrogens with zero attached hydrogens (tertiary/aromatic N) is 1. The minimum absolute atomic E-state index is 0.362. The van der Waals surface area contributed by atoms with Gasteiger partial charge in [0.1, 0.15) is 5.82 Å². The molecule has 112 valence electrons. The first-order valence-corrected chi connectivity index (χ1v) is 6.92. The van der Waals surface area contributed by atoms with Crippen LogP contribution in [0.2, 0.25) is 0 Å². The van der Waals surface area contributed by atoms with Crippen LogP contribution in [0, 0.1) is 12.8 Å². The van der Waals surface area contributed by atoms with Crippen molar-refractivity contribution >= 4 is 11.8 Å². The van der Waals surface area contributed by atoms with E-state index in [0.717, 1.165) is 18.8 Å². The first-order valence-electron chi connectivity index (χ1n) is 6.92. The second-order valence-electron chi connectivity index (χ2n) is 5.04. The lowest BCUT2D eigenvalue weighted by molar-refractivity contribution is 0.0599. The molecule has 5 nitrogen and oxygen atoms in total. The molecular weight excluding hydrogens is 256 g/mol. The maximum atomic E-state index is 11.4. The summed E-state index contributed by atoms with van der Waals surface area (Å²) < 4.78 is 10.2. The molecule has 0 spiro atoms. The van der Waals surface area contributed by atoms with Crippen molar-refractivity contribution in [1.29, 1.82) is 0 Å². The average Bonchev–Trinajstić information content (AvgIpc) is 2.41. The molecule has 1 rings (SSSR count). The minimum atomic E-state index is -0.362. The first-order chi connectivity index (χ1) is 9.54. The number of pyridine rings is 1. The third-order valence-corrected chi connectivity index (χ3v) is 2.88. The highest BCUT2D eigenvalue weighted by atomic mass is 16.5. The molecule has 0 aliphatic rings. The summed E-state index contributed by atoms with van der Waals surface area (Å²) in [5.41, 5.74) is 1.15. The number of aromatic nitrogens is 1. The molecule has 0 fully saturated rings. The van der Waals surface area contributed by atoms with Gasteiger partial charge < -0.3 is 14.8 Å². The lowest BCUT2D eigenvalue weighted by atomic mass is 10.1. The van der Waals surface area contributed by atoms with E-state index in [9.17, 15) is 4.79 Å². The molecule has 0 bridgehead atoms. The Kier molecular flexibility index (Phi) is 7.01. The van der Waals surface area contributed by atoms with E-state index in [1.165, 1.54) is 7.11 Å². The molecule has 0 saturated heterocycles. The van der Waals surface area contributed by atoms with Gasteiger partial charge in [-0.15, -0.1) is 0 Å². The van der Waals surface area contributed by atoms with E-state index in [-0.39, 0.29) is 5.97 Å². The zero-order valence-corrected chi connectivity index (χ0v) is 12.7. The van der Waals surface area contributed by atoms with Crippen molar-refractivity contribution in [2.75, 3.05) is 32.2 Å². The van der Waals surface area contributed by atoms with Crippen LogP contribution in [0.4, 0.5) is 5.82 Å². The number of methoxy groups -OCH3 is 1. The Morgan fingerprint density at radius 2 is 2.10 bits per heavy atom. The fourth-order valence-corrected chi connectivity index (χ4v) is 1.66. The van der Waals surface area contributed by atoms with Crippen LogP contribution in [0.3, 0.4) is 0 Å². The molecule has 0 aliphatic heterocycles. The van der Waals surface area contributed by atoms with Crippen molar-refractivity contribution in [3.8, 4) is 0 Å². The van der Waals surface area contributed by atoms with E-state index >= 15 is 0 Å². The highest BCUT2D eigenvalue weighted by Gasteiger charge is 2.10. The van der Waals surface area contributed by atoms with E-state index in [0.29, 0.717) is 30.3 Å². The SMILES string of the molecule is COC(=O)c1ccc(NCCOCCC(C)C)nc1C. The molecule has 0 aliphatic carbocycles. The maximum Gasteiger partial charge on any atom is 0.339 e. The Morgan fingerprint density at radius 1 is 1.35 bits per heavy atom.